The van der Waals surface area contributed by atoms with Gasteiger partial charge in [-0.1, -0.05) is 18.2 Å². The van der Waals surface area contributed by atoms with Gasteiger partial charge < -0.3 is 4.90 Å². The van der Waals surface area contributed by atoms with Crippen molar-refractivity contribution in [3.63, 3.8) is 0 Å². The molecule has 6 nitrogen and oxygen atoms in total. The Morgan fingerprint density at radius 1 is 1.00 bits per heavy atom. The molecule has 0 bridgehead atoms. The smallest absolute Gasteiger partial charge is 0.321 e. The molecule has 0 spiro atoms. The number of hydrogen-bond acceptors (Lipinski definition) is 4. The Balaban J connectivity index is 1.41. The summed E-state index contributed by atoms with van der Waals surface area (Å²) in [5.74, 6) is -0.323. The number of hydrazine groups is 1. The van der Waals surface area contributed by atoms with Crippen molar-refractivity contribution in [3.05, 3.63) is 56.7 Å². The number of urea groups is 1. The van der Waals surface area contributed by atoms with Gasteiger partial charge in [-0.25, -0.2) is 10.2 Å². The third-order valence-corrected chi connectivity index (χ3v) is 5.60. The minimum Gasteiger partial charge on any atom is -0.321 e. The molecule has 1 fully saturated rings. The third kappa shape index (κ3) is 5.04. The van der Waals surface area contributed by atoms with E-state index in [4.69, 9.17) is 0 Å². The number of carbonyl (C=O) groups excluding carboxylic acids is 2. The van der Waals surface area contributed by atoms with E-state index in [0.29, 0.717) is 18.7 Å². The van der Waals surface area contributed by atoms with Crippen molar-refractivity contribution in [2.75, 3.05) is 26.2 Å². The molecule has 0 unspecified atom stereocenters. The number of benzene rings is 1. The molecule has 1 aromatic carbocycles. The Hall–Kier alpha value is -1.90. The molecule has 3 rings (SSSR count). The van der Waals surface area contributed by atoms with Gasteiger partial charge in [0.2, 0.25) is 0 Å². The zero-order valence-corrected chi connectivity index (χ0v) is 16.0. The van der Waals surface area contributed by atoms with E-state index in [-0.39, 0.29) is 11.9 Å². The van der Waals surface area contributed by atoms with E-state index in [1.807, 2.05) is 6.07 Å². The largest absolute Gasteiger partial charge is 0.336 e. The first kappa shape index (κ1) is 17.9. The Morgan fingerprint density at radius 2 is 1.72 bits per heavy atom. The topological polar surface area (TPSA) is 64.7 Å². The van der Waals surface area contributed by atoms with Gasteiger partial charge in [0.15, 0.2) is 0 Å². The van der Waals surface area contributed by atoms with Gasteiger partial charge >= 0.3 is 6.03 Å². The maximum Gasteiger partial charge on any atom is 0.336 e. The molecule has 1 saturated heterocycles. The molecule has 132 valence electrons. The highest BCUT2D eigenvalue weighted by molar-refractivity contribution is 9.11. The molecular weight excluding hydrogens is 404 g/mol. The van der Waals surface area contributed by atoms with Crippen molar-refractivity contribution in [3.8, 4) is 0 Å². The zero-order chi connectivity index (χ0) is 17.6. The second kappa shape index (κ2) is 8.46. The lowest BCUT2D eigenvalue weighted by Gasteiger charge is -2.34. The number of hydrogen-bond donors (Lipinski definition) is 2. The molecule has 8 heteroatoms. The van der Waals surface area contributed by atoms with Crippen LogP contribution >= 0.6 is 27.3 Å². The maximum absolute atomic E-state index is 12.2. The van der Waals surface area contributed by atoms with E-state index in [9.17, 15) is 9.59 Å². The maximum atomic E-state index is 12.2. The molecule has 0 atom stereocenters. The summed E-state index contributed by atoms with van der Waals surface area (Å²) in [5, 5.41) is 0. The van der Waals surface area contributed by atoms with Crippen molar-refractivity contribution in [1.82, 2.24) is 20.7 Å². The van der Waals surface area contributed by atoms with Crippen LogP contribution in [0.1, 0.15) is 15.2 Å². The van der Waals surface area contributed by atoms with E-state index in [1.165, 1.54) is 4.88 Å². The van der Waals surface area contributed by atoms with Crippen molar-refractivity contribution in [1.29, 1.82) is 0 Å². The predicted molar refractivity (Wildman–Crippen MR) is 101 cm³/mol. The molecule has 0 radical (unpaired) electrons. The van der Waals surface area contributed by atoms with Gasteiger partial charge in [0, 0.05) is 43.2 Å². The molecule has 1 aliphatic rings. The number of nitrogens with one attached hydrogen (secondary N) is 2. The Kier molecular flexibility index (Phi) is 6.06. The van der Waals surface area contributed by atoms with Crippen LogP contribution in [0.5, 0.6) is 0 Å². The van der Waals surface area contributed by atoms with Crippen molar-refractivity contribution >= 4 is 39.2 Å². The Bertz CT molecular complexity index is 729. The molecule has 0 saturated carbocycles. The molecule has 2 N–H and O–H groups in total. The molecule has 25 heavy (non-hydrogen) atoms. The molecule has 0 aliphatic carbocycles. The normalized spacial score (nSPS) is 15.0. The lowest BCUT2D eigenvalue weighted by molar-refractivity contribution is 0.0919. The number of rotatable bonds is 3. The average molecular weight is 423 g/mol. The minimum atomic E-state index is -0.323. The van der Waals surface area contributed by atoms with E-state index in [1.54, 1.807) is 40.5 Å². The molecule has 1 aliphatic heterocycles. The molecule has 2 aromatic rings. The summed E-state index contributed by atoms with van der Waals surface area (Å²) in [6.45, 7) is 3.81. The number of halogens is 1. The van der Waals surface area contributed by atoms with Gasteiger partial charge in [0.05, 0.1) is 3.79 Å². The number of amides is 3. The summed E-state index contributed by atoms with van der Waals surface area (Å²) >= 11 is 5.21. The van der Waals surface area contributed by atoms with Crippen molar-refractivity contribution in [2.45, 2.75) is 6.54 Å². The summed E-state index contributed by atoms with van der Waals surface area (Å²) in [4.78, 5) is 29.5. The van der Waals surface area contributed by atoms with Crippen LogP contribution in [0.2, 0.25) is 0 Å². The monoisotopic (exact) mass is 422 g/mol. The SMILES string of the molecule is O=C(NNC(=O)N1CCN(Cc2ccc(Br)s2)CC1)c1ccccc1. The summed E-state index contributed by atoms with van der Waals surface area (Å²) in [5.41, 5.74) is 5.44. The molecular formula is C17H19BrN4O2S. The van der Waals surface area contributed by atoms with E-state index in [0.717, 1.165) is 23.4 Å². The van der Waals surface area contributed by atoms with Crippen LogP contribution in [0.15, 0.2) is 46.3 Å². The second-order valence-electron chi connectivity index (χ2n) is 5.72. The van der Waals surface area contributed by atoms with Gasteiger partial charge in [-0.05, 0) is 40.2 Å². The van der Waals surface area contributed by atoms with Crippen molar-refractivity contribution in [2.24, 2.45) is 0 Å². The first-order chi connectivity index (χ1) is 12.1. The van der Waals surface area contributed by atoms with Crippen LogP contribution < -0.4 is 10.9 Å². The molecule has 1 aromatic heterocycles. The summed E-state index contributed by atoms with van der Waals surface area (Å²) in [7, 11) is 0. The fourth-order valence-corrected chi connectivity index (χ4v) is 4.14. The zero-order valence-electron chi connectivity index (χ0n) is 13.6. The van der Waals surface area contributed by atoms with Crippen LogP contribution in [-0.4, -0.2) is 47.9 Å². The number of nitrogens with zero attached hydrogens (tertiary/aromatic N) is 2. The third-order valence-electron chi connectivity index (χ3n) is 3.99. The van der Waals surface area contributed by atoms with E-state index in [2.05, 4.69) is 43.8 Å². The highest BCUT2D eigenvalue weighted by atomic mass is 79.9. The quantitative estimate of drug-likeness (QED) is 0.747. The number of carbonyl (C=O) groups is 2. The Labute approximate surface area is 158 Å². The highest BCUT2D eigenvalue weighted by Crippen LogP contribution is 2.23. The van der Waals surface area contributed by atoms with E-state index >= 15 is 0 Å². The summed E-state index contributed by atoms with van der Waals surface area (Å²) in [6, 6.07) is 12.7. The van der Waals surface area contributed by atoms with Crippen molar-refractivity contribution < 1.29 is 9.59 Å². The fourth-order valence-electron chi connectivity index (χ4n) is 2.62. The van der Waals surface area contributed by atoms with Gasteiger partial charge in [-0.15, -0.1) is 11.3 Å². The summed E-state index contributed by atoms with van der Waals surface area (Å²) < 4.78 is 1.13. The average Bonchev–Trinajstić information content (AvgIpc) is 3.05. The minimum absolute atomic E-state index is 0.275. The molecule has 3 amide bonds. The number of piperazine rings is 1. The fraction of sp³-hybridized carbons (Fsp3) is 0.294. The number of thiophene rings is 1. The highest BCUT2D eigenvalue weighted by Gasteiger charge is 2.21. The van der Waals surface area contributed by atoms with Gasteiger partial charge in [-0.2, -0.15) is 0 Å². The summed E-state index contributed by atoms with van der Waals surface area (Å²) in [6.07, 6.45) is 0. The van der Waals surface area contributed by atoms with Crippen LogP contribution in [0.25, 0.3) is 0 Å². The van der Waals surface area contributed by atoms with Gasteiger partial charge in [0.25, 0.3) is 5.91 Å². The van der Waals surface area contributed by atoms with Gasteiger partial charge in [0.1, 0.15) is 0 Å². The van der Waals surface area contributed by atoms with Gasteiger partial charge in [-0.3, -0.25) is 15.1 Å². The standard InChI is InChI=1S/C17H19BrN4O2S/c18-15-7-6-14(25-15)12-21-8-10-22(11-9-21)17(24)20-19-16(23)13-4-2-1-3-5-13/h1-7H,8-12H2,(H,19,23)(H,20,24). The van der Waals surface area contributed by atoms with Crippen LogP contribution in [-0.2, 0) is 6.54 Å². The van der Waals surface area contributed by atoms with E-state index < -0.39 is 0 Å². The van der Waals surface area contributed by atoms with Crippen LogP contribution in [0.3, 0.4) is 0 Å². The van der Waals surface area contributed by atoms with Crippen LogP contribution in [0, 0.1) is 0 Å². The van der Waals surface area contributed by atoms with Crippen LogP contribution in [0.4, 0.5) is 4.79 Å². The predicted octanol–water partition coefficient (Wildman–Crippen LogP) is 2.68. The molecule has 2 heterocycles. The Morgan fingerprint density at radius 3 is 2.36 bits per heavy atom. The first-order valence-corrected chi connectivity index (χ1v) is 9.59. The second-order valence-corrected chi connectivity index (χ2v) is 8.27. The lowest BCUT2D eigenvalue weighted by Crippen LogP contribution is -2.54. The lowest BCUT2D eigenvalue weighted by atomic mass is 10.2. The first-order valence-electron chi connectivity index (χ1n) is 7.99.